The molecule has 1 fully saturated rings. The molecule has 8 nitrogen and oxygen atoms in total. The fourth-order valence-electron chi connectivity index (χ4n) is 4.86. The molecule has 0 bridgehead atoms. The van der Waals surface area contributed by atoms with Crippen molar-refractivity contribution >= 4 is 45.0 Å². The van der Waals surface area contributed by atoms with Gasteiger partial charge in [0.25, 0.3) is 5.92 Å². The normalized spacial score (nSPS) is 21.0. The molecule has 1 aromatic carbocycles. The van der Waals surface area contributed by atoms with Crippen molar-refractivity contribution in [2.75, 3.05) is 19.7 Å². The highest BCUT2D eigenvalue weighted by atomic mass is 79.9. The van der Waals surface area contributed by atoms with E-state index in [1.807, 2.05) is 0 Å². The number of benzene rings is 1. The lowest BCUT2D eigenvalue weighted by Gasteiger charge is -2.31. The highest BCUT2D eigenvalue weighted by molar-refractivity contribution is 9.10. The Morgan fingerprint density at radius 2 is 2.13 bits per heavy atom. The largest absolute Gasteiger partial charge is 0.481 e. The number of carbonyl (C=O) groups is 2. The zero-order chi connectivity index (χ0) is 28.2. The molecule has 210 valence electrons. The van der Waals surface area contributed by atoms with Gasteiger partial charge in [0.15, 0.2) is 10.8 Å². The summed E-state index contributed by atoms with van der Waals surface area (Å²) in [5, 5.41) is 14.4. The molecule has 1 saturated heterocycles. The minimum atomic E-state index is -2.93. The van der Waals surface area contributed by atoms with E-state index in [4.69, 9.17) is 14.8 Å². The molecule has 0 unspecified atom stereocenters. The van der Waals surface area contributed by atoms with Gasteiger partial charge in [-0.2, -0.15) is 0 Å². The molecule has 0 amide bonds. The van der Waals surface area contributed by atoms with Crippen molar-refractivity contribution in [1.82, 2.24) is 15.2 Å². The molecule has 2 aromatic rings. The Kier molecular flexibility index (Phi) is 9.44. The van der Waals surface area contributed by atoms with E-state index in [9.17, 15) is 22.8 Å². The third-order valence-corrected chi connectivity index (χ3v) is 8.00. The monoisotopic (exact) mass is 628 g/mol. The van der Waals surface area contributed by atoms with Crippen molar-refractivity contribution in [3.8, 4) is 0 Å². The molecule has 3 heterocycles. The average Bonchev–Trinajstić information content (AvgIpc) is 3.49. The van der Waals surface area contributed by atoms with Crippen LogP contribution in [0.5, 0.6) is 0 Å². The molecule has 0 spiro atoms. The van der Waals surface area contributed by atoms with Crippen molar-refractivity contribution in [3.05, 3.63) is 61.9 Å². The first-order valence-electron chi connectivity index (χ1n) is 12.5. The number of nitrogens with zero attached hydrogens (tertiary/aromatic N) is 3. The molecule has 0 aliphatic carbocycles. The van der Waals surface area contributed by atoms with E-state index < -0.39 is 42.3 Å². The van der Waals surface area contributed by atoms with E-state index in [1.54, 1.807) is 23.4 Å². The third kappa shape index (κ3) is 7.25. The molecule has 0 radical (unpaired) electrons. The van der Waals surface area contributed by atoms with Gasteiger partial charge in [-0.3, -0.25) is 14.7 Å². The van der Waals surface area contributed by atoms with Crippen LogP contribution in [-0.4, -0.2) is 64.4 Å². The Morgan fingerprint density at radius 3 is 2.79 bits per heavy atom. The lowest BCUT2D eigenvalue weighted by Crippen LogP contribution is -2.41. The van der Waals surface area contributed by atoms with Crippen molar-refractivity contribution in [3.63, 3.8) is 0 Å². The molecule has 2 aliphatic heterocycles. The lowest BCUT2D eigenvalue weighted by atomic mass is 9.95. The summed E-state index contributed by atoms with van der Waals surface area (Å²) in [5.74, 6) is -4.63. The minimum Gasteiger partial charge on any atom is -0.481 e. The molecule has 2 atom stereocenters. The quantitative estimate of drug-likeness (QED) is 0.257. The van der Waals surface area contributed by atoms with Crippen LogP contribution in [0, 0.1) is 5.82 Å². The first kappa shape index (κ1) is 29.2. The number of esters is 1. The number of halogens is 4. The Hall–Kier alpha value is -2.77. The number of aliphatic imine (C=N–C) groups is 1. The van der Waals surface area contributed by atoms with Gasteiger partial charge in [-0.25, -0.2) is 22.9 Å². The van der Waals surface area contributed by atoms with Crippen molar-refractivity contribution in [2.24, 2.45) is 4.99 Å². The van der Waals surface area contributed by atoms with E-state index in [0.717, 1.165) is 0 Å². The molecular weight excluding hydrogens is 601 g/mol. The zero-order valence-electron chi connectivity index (χ0n) is 21.1. The summed E-state index contributed by atoms with van der Waals surface area (Å²) < 4.78 is 48.9. The number of ether oxygens (including phenoxy) is 1. The maximum Gasteiger partial charge on any atom is 0.338 e. The number of nitrogens with one attached hydrogen (secondary N) is 1. The van der Waals surface area contributed by atoms with E-state index in [0.29, 0.717) is 45.8 Å². The van der Waals surface area contributed by atoms with Crippen LogP contribution in [0.25, 0.3) is 0 Å². The predicted molar refractivity (Wildman–Crippen MR) is 143 cm³/mol. The number of alkyl halides is 2. The van der Waals surface area contributed by atoms with E-state index >= 15 is 0 Å². The summed E-state index contributed by atoms with van der Waals surface area (Å²) >= 11 is 4.69. The van der Waals surface area contributed by atoms with Crippen LogP contribution in [0.4, 0.5) is 13.2 Å². The number of aromatic nitrogens is 1. The smallest absolute Gasteiger partial charge is 0.338 e. The van der Waals surface area contributed by atoms with E-state index in [2.05, 4.69) is 26.2 Å². The van der Waals surface area contributed by atoms with Gasteiger partial charge in [0.2, 0.25) is 0 Å². The van der Waals surface area contributed by atoms with Crippen LogP contribution in [0.2, 0.25) is 0 Å². The molecule has 2 N–H and O–H groups in total. The van der Waals surface area contributed by atoms with Crippen LogP contribution in [-0.2, 0) is 14.3 Å². The van der Waals surface area contributed by atoms with Crippen LogP contribution in [0.1, 0.15) is 55.6 Å². The topological polar surface area (TPSA) is 104 Å². The van der Waals surface area contributed by atoms with Crippen molar-refractivity contribution in [1.29, 1.82) is 0 Å². The van der Waals surface area contributed by atoms with Gasteiger partial charge in [0.05, 0.1) is 18.7 Å². The Balaban J connectivity index is 1.73. The molecular formula is C26H28BrF3N4O4S. The second kappa shape index (κ2) is 12.6. The first-order chi connectivity index (χ1) is 18.6. The number of hydrogen-bond donors (Lipinski definition) is 2. The second-order valence-corrected chi connectivity index (χ2v) is 11.1. The molecule has 2 aliphatic rings. The number of carbonyl (C=O) groups excluding carboxylic acids is 1. The summed E-state index contributed by atoms with van der Waals surface area (Å²) in [6, 6.07) is 2.63. The van der Waals surface area contributed by atoms with Gasteiger partial charge in [0.1, 0.15) is 11.9 Å². The SMILES string of the molecule is CCOC(=O)C1=C(CN2CC(F)(F)C[C@@H]2CCCCC(=O)O)NC(c2nccs2)=N[C@H]1c1ccc(F)cc1Br. The lowest BCUT2D eigenvalue weighted by molar-refractivity contribution is -0.139. The minimum absolute atomic E-state index is 0.0208. The standard InChI is InChI=1S/C26H28BrF3N4O4S/c1-2-38-25(37)21-19(13-34-14-26(29,30)12-16(34)5-3-4-6-20(35)36)32-23(24-31-9-10-39-24)33-22(21)17-8-7-15(28)11-18(17)27/h7-11,16,22H,2-6,12-14H2,1H3,(H,32,33)(H,35,36)/t16-,22-/m0/s1. The Morgan fingerprint density at radius 1 is 1.33 bits per heavy atom. The number of aliphatic carboxylic acids is 1. The summed E-state index contributed by atoms with van der Waals surface area (Å²) in [6.45, 7) is 1.22. The number of unbranched alkanes of at least 4 members (excludes halogenated alkanes) is 1. The van der Waals surface area contributed by atoms with Gasteiger partial charge in [0, 0.05) is 47.2 Å². The van der Waals surface area contributed by atoms with E-state index in [1.165, 1.54) is 29.5 Å². The first-order valence-corrected chi connectivity index (χ1v) is 14.2. The maximum absolute atomic E-state index is 14.6. The second-order valence-electron chi connectivity index (χ2n) is 9.38. The Labute approximate surface area is 236 Å². The van der Waals surface area contributed by atoms with Gasteiger partial charge in [-0.15, -0.1) is 11.3 Å². The molecule has 13 heteroatoms. The van der Waals surface area contributed by atoms with Gasteiger partial charge < -0.3 is 15.2 Å². The van der Waals surface area contributed by atoms with Crippen LogP contribution in [0.3, 0.4) is 0 Å². The third-order valence-electron chi connectivity index (χ3n) is 6.54. The number of carboxylic acid groups (broad SMARTS) is 1. The summed E-state index contributed by atoms with van der Waals surface area (Å²) in [4.78, 5) is 34.8. The van der Waals surface area contributed by atoms with Gasteiger partial charge >= 0.3 is 11.9 Å². The van der Waals surface area contributed by atoms with Crippen molar-refractivity contribution < 1.29 is 32.6 Å². The van der Waals surface area contributed by atoms with Crippen molar-refractivity contribution in [2.45, 2.75) is 57.0 Å². The van der Waals surface area contributed by atoms with Crippen LogP contribution < -0.4 is 5.32 Å². The highest BCUT2D eigenvalue weighted by Gasteiger charge is 2.45. The fourth-order valence-corrected chi connectivity index (χ4v) is 6.02. The van der Waals surface area contributed by atoms with Crippen LogP contribution in [0.15, 0.2) is 50.5 Å². The maximum atomic E-state index is 14.6. The fraction of sp³-hybridized carbons (Fsp3) is 0.462. The number of thiazole rings is 1. The number of carboxylic acids is 1. The number of hydrogen-bond acceptors (Lipinski definition) is 8. The number of amidine groups is 1. The summed E-state index contributed by atoms with van der Waals surface area (Å²) in [6.07, 6.45) is 2.49. The summed E-state index contributed by atoms with van der Waals surface area (Å²) in [7, 11) is 0. The Bertz CT molecular complexity index is 1270. The van der Waals surface area contributed by atoms with Gasteiger partial charge in [-0.05, 0) is 37.5 Å². The number of rotatable bonds is 11. The highest BCUT2D eigenvalue weighted by Crippen LogP contribution is 2.39. The molecule has 4 rings (SSSR count). The van der Waals surface area contributed by atoms with E-state index in [-0.39, 0.29) is 31.6 Å². The number of likely N-dealkylation sites (tertiary alicyclic amines) is 1. The molecule has 0 saturated carbocycles. The molecule has 39 heavy (non-hydrogen) atoms. The zero-order valence-corrected chi connectivity index (χ0v) is 23.5. The summed E-state index contributed by atoms with van der Waals surface area (Å²) in [5.41, 5.74) is 0.997. The molecule has 1 aromatic heterocycles. The average molecular weight is 629 g/mol. The van der Waals surface area contributed by atoms with Crippen LogP contribution >= 0.6 is 27.3 Å². The van der Waals surface area contributed by atoms with Gasteiger partial charge in [-0.1, -0.05) is 28.4 Å². The predicted octanol–water partition coefficient (Wildman–Crippen LogP) is 5.31.